The topological polar surface area (TPSA) is 144 Å². The summed E-state index contributed by atoms with van der Waals surface area (Å²) in [5.74, 6) is -1.43. The third-order valence-electron chi connectivity index (χ3n) is 4.77. The van der Waals surface area contributed by atoms with E-state index in [0.29, 0.717) is 5.56 Å². The molecule has 0 heterocycles. The molecule has 0 spiro atoms. The molecule has 0 aliphatic carbocycles. The Labute approximate surface area is 202 Å². The number of carbonyl (C=O) groups excluding carboxylic acids is 2. The second-order valence-corrected chi connectivity index (χ2v) is 7.95. The van der Waals surface area contributed by atoms with Gasteiger partial charge >= 0.3 is 0 Å². The largest absolute Gasteiger partial charge is 0.328 e. The number of halogens is 2. The van der Waals surface area contributed by atoms with Crippen molar-refractivity contribution in [2.75, 3.05) is 0 Å². The standard InChI is InChI=1S/C22H16Cl2N4O6/c1-12-2-4-13(5-3-12)20(25-21(29)14-6-8-16(23)18(10-14)27(31)32)26-22(30)15-7-9-17(24)19(11-15)28(33)34/h2-11,20H,1H3,(H,25,29)(H,26,30). The van der Waals surface area contributed by atoms with E-state index in [9.17, 15) is 29.8 Å². The highest BCUT2D eigenvalue weighted by Gasteiger charge is 2.23. The minimum absolute atomic E-state index is 0.0513. The SMILES string of the molecule is Cc1ccc(C(NC(=O)c2ccc(Cl)c([N+](=O)[O-])c2)NC(=O)c2ccc(Cl)c([N+](=O)[O-])c2)cc1. The van der Waals surface area contributed by atoms with Gasteiger partial charge in [0.2, 0.25) is 0 Å². The molecule has 12 heteroatoms. The van der Waals surface area contributed by atoms with E-state index in [1.807, 2.05) is 6.92 Å². The predicted octanol–water partition coefficient (Wildman–Crippen LogP) is 4.98. The van der Waals surface area contributed by atoms with Crippen LogP contribution in [0, 0.1) is 27.2 Å². The number of amides is 2. The number of nitrogens with one attached hydrogen (secondary N) is 2. The van der Waals surface area contributed by atoms with Gasteiger partial charge in [-0.1, -0.05) is 53.0 Å². The number of benzene rings is 3. The van der Waals surface area contributed by atoms with Gasteiger partial charge in [-0.2, -0.15) is 0 Å². The lowest BCUT2D eigenvalue weighted by molar-refractivity contribution is -0.384. The zero-order chi connectivity index (χ0) is 25.0. The van der Waals surface area contributed by atoms with E-state index in [4.69, 9.17) is 23.2 Å². The molecule has 0 aliphatic rings. The van der Waals surface area contributed by atoms with Gasteiger partial charge in [0.25, 0.3) is 23.2 Å². The van der Waals surface area contributed by atoms with Crippen molar-refractivity contribution < 1.29 is 19.4 Å². The Morgan fingerprint density at radius 1 is 0.765 bits per heavy atom. The summed E-state index contributed by atoms with van der Waals surface area (Å²) >= 11 is 11.6. The van der Waals surface area contributed by atoms with Crippen LogP contribution in [-0.4, -0.2) is 21.7 Å². The van der Waals surface area contributed by atoms with Gasteiger partial charge in [0.15, 0.2) is 0 Å². The lowest BCUT2D eigenvalue weighted by atomic mass is 10.1. The fourth-order valence-corrected chi connectivity index (χ4v) is 3.35. The zero-order valence-electron chi connectivity index (χ0n) is 17.5. The van der Waals surface area contributed by atoms with Crippen LogP contribution in [0.1, 0.15) is 38.0 Å². The number of hydrogen-bond acceptors (Lipinski definition) is 6. The fourth-order valence-electron chi connectivity index (χ4n) is 2.98. The molecule has 0 aromatic heterocycles. The molecular weight excluding hydrogens is 487 g/mol. The monoisotopic (exact) mass is 502 g/mol. The van der Waals surface area contributed by atoms with Crippen molar-refractivity contribution in [3.63, 3.8) is 0 Å². The molecule has 0 fully saturated rings. The Morgan fingerprint density at radius 2 is 1.18 bits per heavy atom. The van der Waals surface area contributed by atoms with Crippen LogP contribution in [0.4, 0.5) is 11.4 Å². The van der Waals surface area contributed by atoms with Crippen LogP contribution >= 0.6 is 23.2 Å². The van der Waals surface area contributed by atoms with Gasteiger partial charge in [-0.3, -0.25) is 29.8 Å². The lowest BCUT2D eigenvalue weighted by Crippen LogP contribution is -2.41. The molecule has 2 N–H and O–H groups in total. The molecule has 174 valence electrons. The predicted molar refractivity (Wildman–Crippen MR) is 125 cm³/mol. The third kappa shape index (κ3) is 5.66. The van der Waals surface area contributed by atoms with Crippen molar-refractivity contribution in [2.24, 2.45) is 0 Å². The number of rotatable bonds is 7. The number of nitro benzene ring substituents is 2. The van der Waals surface area contributed by atoms with Crippen molar-refractivity contribution in [2.45, 2.75) is 13.1 Å². The second-order valence-electron chi connectivity index (χ2n) is 7.14. The van der Waals surface area contributed by atoms with Crippen molar-refractivity contribution in [1.29, 1.82) is 0 Å². The van der Waals surface area contributed by atoms with E-state index < -0.39 is 39.2 Å². The smallest absolute Gasteiger partial charge is 0.288 e. The number of nitrogens with zero attached hydrogens (tertiary/aromatic N) is 2. The summed E-state index contributed by atoms with van der Waals surface area (Å²) in [6, 6.07) is 14.0. The van der Waals surface area contributed by atoms with Gasteiger partial charge < -0.3 is 10.6 Å². The first-order chi connectivity index (χ1) is 16.1. The van der Waals surface area contributed by atoms with Crippen LogP contribution in [0.15, 0.2) is 60.7 Å². The molecule has 0 atom stereocenters. The molecule has 3 aromatic rings. The molecule has 0 unspecified atom stereocenters. The summed E-state index contributed by atoms with van der Waals surface area (Å²) in [6.07, 6.45) is -1.06. The quantitative estimate of drug-likeness (QED) is 0.264. The van der Waals surface area contributed by atoms with Crippen molar-refractivity contribution >= 4 is 46.4 Å². The summed E-state index contributed by atoms with van der Waals surface area (Å²) in [4.78, 5) is 46.6. The Balaban J connectivity index is 1.91. The van der Waals surface area contributed by atoms with Crippen molar-refractivity contribution in [3.8, 4) is 0 Å². The molecule has 34 heavy (non-hydrogen) atoms. The highest BCUT2D eigenvalue weighted by Crippen LogP contribution is 2.27. The zero-order valence-corrected chi connectivity index (χ0v) is 19.0. The van der Waals surface area contributed by atoms with E-state index in [-0.39, 0.29) is 21.2 Å². The fraction of sp³-hybridized carbons (Fsp3) is 0.0909. The highest BCUT2D eigenvalue weighted by atomic mass is 35.5. The average molecular weight is 503 g/mol. The van der Waals surface area contributed by atoms with Crippen LogP contribution < -0.4 is 10.6 Å². The van der Waals surface area contributed by atoms with Gasteiger partial charge in [-0.25, -0.2) is 0 Å². The van der Waals surface area contributed by atoms with Crippen LogP contribution in [-0.2, 0) is 0 Å². The maximum atomic E-state index is 12.9. The number of carbonyl (C=O) groups is 2. The summed E-state index contributed by atoms with van der Waals surface area (Å²) in [5, 5.41) is 27.3. The maximum Gasteiger partial charge on any atom is 0.288 e. The number of nitro groups is 2. The molecule has 10 nitrogen and oxygen atoms in total. The molecule has 0 bridgehead atoms. The summed E-state index contributed by atoms with van der Waals surface area (Å²) in [7, 11) is 0. The van der Waals surface area contributed by atoms with E-state index >= 15 is 0 Å². The van der Waals surface area contributed by atoms with E-state index in [1.165, 1.54) is 24.3 Å². The Hall–Kier alpha value is -4.02. The molecule has 0 saturated carbocycles. The minimum Gasteiger partial charge on any atom is -0.328 e. The maximum absolute atomic E-state index is 12.9. The van der Waals surface area contributed by atoms with Gasteiger partial charge in [-0.05, 0) is 36.8 Å². The van der Waals surface area contributed by atoms with Crippen LogP contribution in [0.25, 0.3) is 0 Å². The van der Waals surface area contributed by atoms with Crippen LogP contribution in [0.5, 0.6) is 0 Å². The van der Waals surface area contributed by atoms with E-state index in [2.05, 4.69) is 10.6 Å². The normalized spacial score (nSPS) is 10.6. The van der Waals surface area contributed by atoms with Crippen LogP contribution in [0.3, 0.4) is 0 Å². The Kier molecular flexibility index (Phi) is 7.44. The van der Waals surface area contributed by atoms with Crippen molar-refractivity contribution in [3.05, 3.63) is 113 Å². The molecule has 0 aliphatic heterocycles. The van der Waals surface area contributed by atoms with Crippen molar-refractivity contribution in [1.82, 2.24) is 10.6 Å². The van der Waals surface area contributed by atoms with Gasteiger partial charge in [0.05, 0.1) is 9.85 Å². The molecule has 0 radical (unpaired) electrons. The van der Waals surface area contributed by atoms with Gasteiger partial charge in [0.1, 0.15) is 16.2 Å². The summed E-state index contributed by atoms with van der Waals surface area (Å²) in [5.41, 5.74) is 0.438. The van der Waals surface area contributed by atoms with Gasteiger partial charge in [-0.15, -0.1) is 0 Å². The average Bonchev–Trinajstić information content (AvgIpc) is 2.79. The molecule has 3 aromatic carbocycles. The molecule has 3 rings (SSSR count). The number of hydrogen-bond donors (Lipinski definition) is 2. The Morgan fingerprint density at radius 3 is 1.56 bits per heavy atom. The van der Waals surface area contributed by atoms with E-state index in [1.54, 1.807) is 24.3 Å². The first-order valence-corrected chi connectivity index (χ1v) is 10.4. The second kappa shape index (κ2) is 10.3. The number of aryl methyl sites for hydroxylation is 1. The molecule has 2 amide bonds. The first-order valence-electron chi connectivity index (χ1n) is 9.63. The van der Waals surface area contributed by atoms with Gasteiger partial charge in [0, 0.05) is 23.3 Å². The first kappa shape index (κ1) is 24.6. The summed E-state index contributed by atoms with van der Waals surface area (Å²) in [6.45, 7) is 1.86. The van der Waals surface area contributed by atoms with E-state index in [0.717, 1.165) is 17.7 Å². The molecule has 0 saturated heterocycles. The summed E-state index contributed by atoms with van der Waals surface area (Å²) < 4.78 is 0. The lowest BCUT2D eigenvalue weighted by Gasteiger charge is -2.21. The minimum atomic E-state index is -1.06. The third-order valence-corrected chi connectivity index (χ3v) is 5.41. The van der Waals surface area contributed by atoms with Crippen LogP contribution in [0.2, 0.25) is 10.0 Å². The highest BCUT2D eigenvalue weighted by molar-refractivity contribution is 6.33. The molecular formula is C22H16Cl2N4O6. The Bertz CT molecular complexity index is 1220.